The Balaban J connectivity index is 2.48. The molecule has 0 aliphatic heterocycles. The van der Waals surface area contributed by atoms with Crippen LogP contribution in [0.4, 0.5) is 0 Å². The Kier molecular flexibility index (Phi) is 2.29. The van der Waals surface area contributed by atoms with Crippen molar-refractivity contribution in [2.24, 2.45) is 0 Å². The Morgan fingerprint density at radius 1 is 1.31 bits per heavy atom. The zero-order valence-corrected chi connectivity index (χ0v) is 7.94. The topological polar surface area (TPSA) is 15.8 Å². The first-order valence-electron chi connectivity index (χ1n) is 4.07. The summed E-state index contributed by atoms with van der Waals surface area (Å²) in [5.41, 5.74) is 2.16. The number of aromatic nitrogens is 1. The molecule has 13 heavy (non-hydrogen) atoms. The van der Waals surface area contributed by atoms with Crippen molar-refractivity contribution >= 4 is 23.5 Å². The third kappa shape index (κ3) is 1.71. The highest BCUT2D eigenvalue weighted by atomic mass is 32.1. The van der Waals surface area contributed by atoms with Crippen LogP contribution >= 0.6 is 12.6 Å². The fourth-order valence-electron chi connectivity index (χ4n) is 1.27. The quantitative estimate of drug-likeness (QED) is 0.465. The Morgan fingerprint density at radius 3 is 3.08 bits per heavy atom. The van der Waals surface area contributed by atoms with Crippen LogP contribution in [0.3, 0.4) is 0 Å². The van der Waals surface area contributed by atoms with Crippen molar-refractivity contribution in [3.8, 4) is 11.8 Å². The number of fused-ring (bicyclic) bond motifs is 1. The number of H-pyrrole nitrogens is 1. The van der Waals surface area contributed by atoms with Gasteiger partial charge in [-0.05, 0) is 23.6 Å². The Morgan fingerprint density at radius 2 is 2.23 bits per heavy atom. The molecule has 0 aliphatic carbocycles. The minimum Gasteiger partial charge on any atom is -0.361 e. The van der Waals surface area contributed by atoms with E-state index in [0.717, 1.165) is 11.1 Å². The van der Waals surface area contributed by atoms with Gasteiger partial charge in [-0.2, -0.15) is 12.6 Å². The Labute approximate surface area is 82.6 Å². The summed E-state index contributed by atoms with van der Waals surface area (Å²) in [6, 6.07) is 8.18. The minimum atomic E-state index is 0.600. The molecule has 1 heterocycles. The van der Waals surface area contributed by atoms with Gasteiger partial charge in [-0.25, -0.2) is 0 Å². The lowest BCUT2D eigenvalue weighted by molar-refractivity contribution is 1.47. The second-order valence-electron chi connectivity index (χ2n) is 2.74. The van der Waals surface area contributed by atoms with Crippen LogP contribution in [0.2, 0.25) is 0 Å². The number of hydrogen-bond donors (Lipinski definition) is 2. The predicted octanol–water partition coefficient (Wildman–Crippen LogP) is 2.45. The molecule has 0 saturated carbocycles. The number of aromatic amines is 1. The molecule has 0 bridgehead atoms. The van der Waals surface area contributed by atoms with Crippen molar-refractivity contribution in [2.75, 3.05) is 5.75 Å². The van der Waals surface area contributed by atoms with E-state index >= 15 is 0 Å². The third-order valence-corrected chi connectivity index (χ3v) is 2.02. The molecule has 2 rings (SSSR count). The van der Waals surface area contributed by atoms with Crippen LogP contribution in [-0.2, 0) is 0 Å². The Hall–Kier alpha value is -1.33. The molecular formula is C11H9NS. The average Bonchev–Trinajstić information content (AvgIpc) is 2.61. The van der Waals surface area contributed by atoms with E-state index in [2.05, 4.69) is 35.5 Å². The Bertz CT molecular complexity index is 473. The number of thiol groups is 1. The summed E-state index contributed by atoms with van der Waals surface area (Å²) in [7, 11) is 0. The second-order valence-corrected chi connectivity index (χ2v) is 3.06. The minimum absolute atomic E-state index is 0.600. The molecule has 1 aromatic heterocycles. The molecule has 0 spiro atoms. The van der Waals surface area contributed by atoms with E-state index in [1.807, 2.05) is 24.4 Å². The fourth-order valence-corrected chi connectivity index (χ4v) is 1.35. The zero-order valence-electron chi connectivity index (χ0n) is 7.04. The maximum atomic E-state index is 4.03. The second kappa shape index (κ2) is 3.59. The highest BCUT2D eigenvalue weighted by Gasteiger charge is 1.93. The van der Waals surface area contributed by atoms with Gasteiger partial charge in [0, 0.05) is 17.3 Å². The first-order chi connectivity index (χ1) is 6.40. The molecule has 0 aliphatic rings. The lowest BCUT2D eigenvalue weighted by Gasteiger charge is -1.90. The van der Waals surface area contributed by atoms with E-state index in [1.165, 1.54) is 5.39 Å². The van der Waals surface area contributed by atoms with E-state index in [-0.39, 0.29) is 0 Å². The fraction of sp³-hybridized carbons (Fsp3) is 0.0909. The van der Waals surface area contributed by atoms with Gasteiger partial charge in [0.1, 0.15) is 0 Å². The summed E-state index contributed by atoms with van der Waals surface area (Å²) in [6.45, 7) is 0. The standard InChI is InChI=1S/C11H9NS/c13-7-1-2-9-3-4-10-5-6-12-11(10)8-9/h3-6,8,12-13H,7H2. The zero-order chi connectivity index (χ0) is 9.10. The molecule has 1 aromatic carbocycles. The number of hydrogen-bond acceptors (Lipinski definition) is 1. The van der Waals surface area contributed by atoms with Crippen molar-refractivity contribution in [3.05, 3.63) is 36.0 Å². The van der Waals surface area contributed by atoms with E-state index in [4.69, 9.17) is 0 Å². The normalized spacial score (nSPS) is 9.62. The lowest BCUT2D eigenvalue weighted by Crippen LogP contribution is -1.74. The summed E-state index contributed by atoms with van der Waals surface area (Å²) in [4.78, 5) is 3.15. The van der Waals surface area contributed by atoms with E-state index in [9.17, 15) is 0 Å². The maximum Gasteiger partial charge on any atom is 0.0521 e. The molecule has 0 fully saturated rings. The van der Waals surface area contributed by atoms with E-state index < -0.39 is 0 Å². The lowest BCUT2D eigenvalue weighted by atomic mass is 10.2. The van der Waals surface area contributed by atoms with Crippen LogP contribution in [0.1, 0.15) is 5.56 Å². The maximum absolute atomic E-state index is 4.03. The average molecular weight is 187 g/mol. The van der Waals surface area contributed by atoms with E-state index in [1.54, 1.807) is 0 Å². The molecular weight excluding hydrogens is 178 g/mol. The van der Waals surface area contributed by atoms with Gasteiger partial charge in [0.25, 0.3) is 0 Å². The molecule has 0 unspecified atom stereocenters. The van der Waals surface area contributed by atoms with Gasteiger partial charge in [0.15, 0.2) is 0 Å². The van der Waals surface area contributed by atoms with Crippen LogP contribution in [-0.4, -0.2) is 10.7 Å². The van der Waals surface area contributed by atoms with Crippen molar-refractivity contribution in [1.29, 1.82) is 0 Å². The van der Waals surface area contributed by atoms with Crippen LogP contribution in [0.5, 0.6) is 0 Å². The summed E-state index contributed by atoms with van der Waals surface area (Å²) in [6.07, 6.45) is 1.93. The molecule has 2 aromatic rings. The van der Waals surface area contributed by atoms with Crippen LogP contribution in [0, 0.1) is 11.8 Å². The van der Waals surface area contributed by atoms with E-state index in [0.29, 0.717) is 5.75 Å². The van der Waals surface area contributed by atoms with Gasteiger partial charge in [0.05, 0.1) is 5.75 Å². The smallest absolute Gasteiger partial charge is 0.0521 e. The molecule has 1 N–H and O–H groups in total. The molecule has 0 radical (unpaired) electrons. The van der Waals surface area contributed by atoms with Gasteiger partial charge in [-0.3, -0.25) is 0 Å². The molecule has 0 saturated heterocycles. The van der Waals surface area contributed by atoms with Crippen molar-refractivity contribution in [3.63, 3.8) is 0 Å². The van der Waals surface area contributed by atoms with Crippen molar-refractivity contribution in [2.45, 2.75) is 0 Å². The SMILES string of the molecule is SCC#Cc1ccc2cc[nH]c2c1. The number of nitrogens with one attached hydrogen (secondary N) is 1. The number of rotatable bonds is 0. The van der Waals surface area contributed by atoms with Gasteiger partial charge in [0.2, 0.25) is 0 Å². The van der Waals surface area contributed by atoms with Gasteiger partial charge < -0.3 is 4.98 Å². The molecule has 0 atom stereocenters. The molecule has 2 heteroatoms. The molecule has 0 amide bonds. The molecule has 64 valence electrons. The summed E-state index contributed by atoms with van der Waals surface area (Å²) >= 11 is 4.03. The van der Waals surface area contributed by atoms with Crippen LogP contribution in [0.15, 0.2) is 30.5 Å². The van der Waals surface area contributed by atoms with Gasteiger partial charge in [-0.15, -0.1) is 0 Å². The first-order valence-corrected chi connectivity index (χ1v) is 4.70. The number of benzene rings is 1. The molecule has 1 nitrogen and oxygen atoms in total. The van der Waals surface area contributed by atoms with Crippen molar-refractivity contribution in [1.82, 2.24) is 4.98 Å². The first kappa shape index (κ1) is 8.28. The summed E-state index contributed by atoms with van der Waals surface area (Å²) < 4.78 is 0. The third-order valence-electron chi connectivity index (χ3n) is 1.87. The van der Waals surface area contributed by atoms with Crippen molar-refractivity contribution < 1.29 is 0 Å². The van der Waals surface area contributed by atoms with Gasteiger partial charge >= 0.3 is 0 Å². The summed E-state index contributed by atoms with van der Waals surface area (Å²) in [5.74, 6) is 6.55. The highest BCUT2D eigenvalue weighted by Crippen LogP contribution is 2.13. The largest absolute Gasteiger partial charge is 0.361 e. The van der Waals surface area contributed by atoms with Crippen LogP contribution < -0.4 is 0 Å². The van der Waals surface area contributed by atoms with Crippen LogP contribution in [0.25, 0.3) is 10.9 Å². The predicted molar refractivity (Wildman–Crippen MR) is 59.0 cm³/mol. The monoisotopic (exact) mass is 187 g/mol. The summed E-state index contributed by atoms with van der Waals surface area (Å²) in [5, 5.41) is 1.22. The van der Waals surface area contributed by atoms with Gasteiger partial charge in [-0.1, -0.05) is 17.9 Å². The highest BCUT2D eigenvalue weighted by molar-refractivity contribution is 7.80.